The van der Waals surface area contributed by atoms with E-state index in [2.05, 4.69) is 0 Å². The largest absolute Gasteiger partial charge is 0.507 e. The number of ether oxygens (including phenoxy) is 1. The van der Waals surface area contributed by atoms with Gasteiger partial charge in [0.05, 0.1) is 11.8 Å². The Bertz CT molecular complexity index is 1180. The topological polar surface area (TPSA) is 145 Å². The van der Waals surface area contributed by atoms with E-state index in [1.165, 1.54) is 37.3 Å². The minimum absolute atomic E-state index is 0.0462. The zero-order chi connectivity index (χ0) is 21.3. The minimum atomic E-state index is -1.39. The molecule has 0 aliphatic carbocycles. The van der Waals surface area contributed by atoms with Crippen molar-refractivity contribution in [2.24, 2.45) is 0 Å². The van der Waals surface area contributed by atoms with Crippen molar-refractivity contribution < 1.29 is 39.9 Å². The lowest BCUT2D eigenvalue weighted by Crippen LogP contribution is -2.07. The fourth-order valence-corrected chi connectivity index (χ4v) is 2.82. The minimum Gasteiger partial charge on any atom is -0.507 e. The van der Waals surface area contributed by atoms with Crippen LogP contribution in [0.1, 0.15) is 31.8 Å². The average Bonchev–Trinajstić information content (AvgIpc) is 2.65. The second-order valence-electron chi connectivity index (χ2n) is 6.26. The van der Waals surface area contributed by atoms with Gasteiger partial charge in [0.1, 0.15) is 28.6 Å². The van der Waals surface area contributed by atoms with Crippen molar-refractivity contribution in [3.05, 3.63) is 64.9 Å². The van der Waals surface area contributed by atoms with Crippen LogP contribution in [0.2, 0.25) is 0 Å². The average molecular weight is 396 g/mol. The number of phenolic OH excluding ortho intramolecular Hbond substituents is 3. The van der Waals surface area contributed by atoms with Gasteiger partial charge in [0.25, 0.3) is 0 Å². The van der Waals surface area contributed by atoms with Gasteiger partial charge in [0.2, 0.25) is 0 Å². The Labute approximate surface area is 164 Å². The highest BCUT2D eigenvalue weighted by atomic mass is 16.5. The van der Waals surface area contributed by atoms with Gasteiger partial charge in [-0.1, -0.05) is 0 Å². The molecule has 148 valence electrons. The monoisotopic (exact) mass is 396 g/mol. The Hall–Kier alpha value is -4.20. The van der Waals surface area contributed by atoms with Gasteiger partial charge in [-0.3, -0.25) is 0 Å². The Morgan fingerprint density at radius 2 is 1.45 bits per heavy atom. The van der Waals surface area contributed by atoms with Crippen molar-refractivity contribution >= 4 is 28.8 Å². The number of aromatic carboxylic acids is 1. The second-order valence-corrected chi connectivity index (χ2v) is 6.26. The maximum absolute atomic E-state index is 12.3. The van der Waals surface area contributed by atoms with Gasteiger partial charge in [0.15, 0.2) is 0 Å². The van der Waals surface area contributed by atoms with Crippen LogP contribution in [0.5, 0.6) is 23.0 Å². The molecule has 0 spiro atoms. The third kappa shape index (κ3) is 3.77. The molecule has 3 aromatic carbocycles. The van der Waals surface area contributed by atoms with Crippen LogP contribution in [0.3, 0.4) is 0 Å². The number of benzene rings is 3. The van der Waals surface area contributed by atoms with Crippen LogP contribution < -0.4 is 0 Å². The molecule has 0 aromatic heterocycles. The molecule has 0 bridgehead atoms. The summed E-state index contributed by atoms with van der Waals surface area (Å²) >= 11 is 0. The van der Waals surface area contributed by atoms with Gasteiger partial charge in [-0.15, -0.1) is 0 Å². The number of carbonyl (C=O) groups is 2. The van der Waals surface area contributed by atoms with Gasteiger partial charge >= 0.3 is 11.9 Å². The van der Waals surface area contributed by atoms with E-state index in [-0.39, 0.29) is 39.1 Å². The van der Waals surface area contributed by atoms with Crippen molar-refractivity contribution in [3.8, 4) is 23.0 Å². The molecule has 8 heteroatoms. The summed E-state index contributed by atoms with van der Waals surface area (Å²) < 4.78 is 4.99. The standard InChI is InChI=1S/C21H16O8/c1-10-6-19(25)15(20(26)27)8-12(10)21(28)29-5-4-11-7-13-14(9-18(11)24)17(23)3-2-16(13)22/h2-9,22-25H,1H3,(H,26,27). The van der Waals surface area contributed by atoms with Crippen molar-refractivity contribution in [2.75, 3.05) is 0 Å². The molecule has 0 saturated carbocycles. The number of aromatic hydroxyl groups is 4. The quantitative estimate of drug-likeness (QED) is 0.256. The zero-order valence-electron chi connectivity index (χ0n) is 15.1. The van der Waals surface area contributed by atoms with Gasteiger partial charge in [-0.25, -0.2) is 9.59 Å². The predicted octanol–water partition coefficient (Wildman–Crippen LogP) is 3.50. The fraction of sp³-hybridized carbons (Fsp3) is 0.0476. The highest BCUT2D eigenvalue weighted by Crippen LogP contribution is 2.36. The van der Waals surface area contributed by atoms with Crippen molar-refractivity contribution in [1.29, 1.82) is 0 Å². The van der Waals surface area contributed by atoms with Crippen LogP contribution in [-0.4, -0.2) is 37.5 Å². The lowest BCUT2D eigenvalue weighted by molar-refractivity contribution is 0.0664. The smallest absolute Gasteiger partial charge is 0.343 e. The first-order valence-corrected chi connectivity index (χ1v) is 8.31. The molecule has 0 unspecified atom stereocenters. The summed E-state index contributed by atoms with van der Waals surface area (Å²) in [6.45, 7) is 1.51. The summed E-state index contributed by atoms with van der Waals surface area (Å²) in [5.74, 6) is -3.17. The highest BCUT2D eigenvalue weighted by Gasteiger charge is 2.17. The van der Waals surface area contributed by atoms with Gasteiger partial charge in [-0.2, -0.15) is 0 Å². The third-order valence-corrected chi connectivity index (χ3v) is 4.33. The molecule has 8 nitrogen and oxygen atoms in total. The summed E-state index contributed by atoms with van der Waals surface area (Å²) in [6.07, 6.45) is 2.26. The number of rotatable bonds is 4. The lowest BCUT2D eigenvalue weighted by Gasteiger charge is -2.08. The van der Waals surface area contributed by atoms with E-state index in [0.717, 1.165) is 18.4 Å². The van der Waals surface area contributed by atoms with Gasteiger partial charge in [0, 0.05) is 16.3 Å². The maximum atomic E-state index is 12.3. The number of carbonyl (C=O) groups excluding carboxylic acids is 1. The third-order valence-electron chi connectivity index (χ3n) is 4.33. The molecule has 0 aliphatic heterocycles. The van der Waals surface area contributed by atoms with E-state index in [9.17, 15) is 30.0 Å². The zero-order valence-corrected chi connectivity index (χ0v) is 15.1. The first kappa shape index (κ1) is 19.6. The Morgan fingerprint density at radius 3 is 2.07 bits per heavy atom. The molecule has 0 heterocycles. The summed E-state index contributed by atoms with van der Waals surface area (Å²) in [5.41, 5.74) is 0.0452. The molecule has 5 N–H and O–H groups in total. The maximum Gasteiger partial charge on any atom is 0.343 e. The number of esters is 1. The summed E-state index contributed by atoms with van der Waals surface area (Å²) in [5, 5.41) is 49.1. The molecule has 29 heavy (non-hydrogen) atoms. The molecular weight excluding hydrogens is 380 g/mol. The fourth-order valence-electron chi connectivity index (χ4n) is 2.82. The van der Waals surface area contributed by atoms with Crippen LogP contribution in [0.25, 0.3) is 16.8 Å². The Balaban J connectivity index is 1.88. The molecule has 3 rings (SSSR count). The molecule has 0 aliphatic rings. The lowest BCUT2D eigenvalue weighted by atomic mass is 10.0. The second kappa shape index (κ2) is 7.43. The number of hydrogen-bond acceptors (Lipinski definition) is 7. The number of carboxylic acids is 1. The van der Waals surface area contributed by atoms with Crippen LogP contribution >= 0.6 is 0 Å². The first-order chi connectivity index (χ1) is 13.7. The summed E-state index contributed by atoms with van der Waals surface area (Å²) in [4.78, 5) is 23.4. The predicted molar refractivity (Wildman–Crippen MR) is 103 cm³/mol. The van der Waals surface area contributed by atoms with Gasteiger partial charge in [-0.05, 0) is 55.0 Å². The highest BCUT2D eigenvalue weighted by molar-refractivity contribution is 5.98. The molecular formula is C21H16O8. The van der Waals surface area contributed by atoms with Crippen molar-refractivity contribution in [3.63, 3.8) is 0 Å². The number of hydrogen-bond donors (Lipinski definition) is 5. The van der Waals surface area contributed by atoms with E-state index in [1.807, 2.05) is 0 Å². The van der Waals surface area contributed by atoms with E-state index < -0.39 is 23.3 Å². The van der Waals surface area contributed by atoms with Crippen LogP contribution in [0.15, 0.2) is 42.7 Å². The molecule has 3 aromatic rings. The van der Waals surface area contributed by atoms with E-state index >= 15 is 0 Å². The van der Waals surface area contributed by atoms with E-state index in [4.69, 9.17) is 9.84 Å². The first-order valence-electron chi connectivity index (χ1n) is 8.31. The number of fused-ring (bicyclic) bond motifs is 1. The number of carboxylic acid groups (broad SMARTS) is 1. The van der Waals surface area contributed by atoms with Gasteiger partial charge < -0.3 is 30.3 Å². The summed E-state index contributed by atoms with van der Waals surface area (Å²) in [7, 11) is 0. The Kier molecular flexibility index (Phi) is 5.01. The van der Waals surface area contributed by atoms with Crippen LogP contribution in [0.4, 0.5) is 0 Å². The Morgan fingerprint density at radius 1 is 0.828 bits per heavy atom. The van der Waals surface area contributed by atoms with Crippen molar-refractivity contribution in [1.82, 2.24) is 0 Å². The molecule has 0 amide bonds. The van der Waals surface area contributed by atoms with Crippen LogP contribution in [0, 0.1) is 6.92 Å². The molecule has 0 atom stereocenters. The SMILES string of the molecule is Cc1cc(O)c(C(=O)O)cc1C(=O)OC=Cc1cc2c(O)ccc(O)c2cc1O. The summed E-state index contributed by atoms with van der Waals surface area (Å²) in [6, 6.07) is 7.41. The molecule has 0 saturated heterocycles. The molecule has 0 radical (unpaired) electrons. The number of phenols is 4. The van der Waals surface area contributed by atoms with Crippen molar-refractivity contribution in [2.45, 2.75) is 6.92 Å². The van der Waals surface area contributed by atoms with E-state index in [0.29, 0.717) is 5.56 Å². The van der Waals surface area contributed by atoms with Crippen LogP contribution in [-0.2, 0) is 4.74 Å². The molecule has 0 fully saturated rings. The van der Waals surface area contributed by atoms with E-state index in [1.54, 1.807) is 0 Å². The number of aryl methyl sites for hydroxylation is 1. The normalized spacial score (nSPS) is 11.1.